The van der Waals surface area contributed by atoms with Gasteiger partial charge < -0.3 is 10.7 Å². The van der Waals surface area contributed by atoms with Gasteiger partial charge in [0.15, 0.2) is 0 Å². The molecule has 1 amide bonds. The number of nitrogens with one attached hydrogen (secondary N) is 2. The van der Waals surface area contributed by atoms with Crippen LogP contribution in [0.5, 0.6) is 0 Å². The fourth-order valence-electron chi connectivity index (χ4n) is 1.69. The Morgan fingerprint density at radius 1 is 1.32 bits per heavy atom. The minimum Gasteiger partial charge on any atom is -0.322 e. The summed E-state index contributed by atoms with van der Waals surface area (Å²) in [7, 11) is 0. The zero-order valence-electron chi connectivity index (χ0n) is 10.7. The van der Waals surface area contributed by atoms with Crippen LogP contribution in [0, 0.1) is 0 Å². The summed E-state index contributed by atoms with van der Waals surface area (Å²) in [4.78, 5) is 16.0. The lowest BCUT2D eigenvalue weighted by Crippen LogP contribution is -2.13. The maximum absolute atomic E-state index is 12.0. The van der Waals surface area contributed by atoms with Crippen molar-refractivity contribution in [1.29, 1.82) is 0 Å². The van der Waals surface area contributed by atoms with Crippen molar-refractivity contribution in [2.45, 2.75) is 13.3 Å². The van der Waals surface area contributed by atoms with E-state index in [0.29, 0.717) is 11.4 Å². The number of carbonyl (C=O) groups excluding carboxylic acids is 1. The summed E-state index contributed by atoms with van der Waals surface area (Å²) in [5, 5.41) is 2.84. The molecule has 0 spiro atoms. The molecular formula is C14H16N4O. The number of benzene rings is 1. The van der Waals surface area contributed by atoms with Gasteiger partial charge in [0.2, 0.25) is 0 Å². The van der Waals surface area contributed by atoms with Crippen molar-refractivity contribution in [3.8, 4) is 0 Å². The van der Waals surface area contributed by atoms with Crippen LogP contribution in [0.25, 0.3) is 0 Å². The average Bonchev–Trinajstić information content (AvgIpc) is 2.47. The molecule has 0 bridgehead atoms. The number of anilines is 2. The summed E-state index contributed by atoms with van der Waals surface area (Å²) in [6, 6.07) is 11.1. The summed E-state index contributed by atoms with van der Waals surface area (Å²) >= 11 is 0. The van der Waals surface area contributed by atoms with Crippen molar-refractivity contribution in [3.63, 3.8) is 0 Å². The molecule has 1 aromatic heterocycles. The first kappa shape index (κ1) is 13.0. The molecule has 4 N–H and O–H groups in total. The predicted octanol–water partition coefficient (Wildman–Crippen LogP) is 2.18. The lowest BCUT2D eigenvalue weighted by atomic mass is 10.1. The highest BCUT2D eigenvalue weighted by Gasteiger charge is 2.06. The number of carbonyl (C=O) groups is 1. The summed E-state index contributed by atoms with van der Waals surface area (Å²) < 4.78 is 0. The molecule has 0 atom stereocenters. The van der Waals surface area contributed by atoms with E-state index in [9.17, 15) is 4.79 Å². The molecule has 5 heteroatoms. The molecule has 0 radical (unpaired) electrons. The van der Waals surface area contributed by atoms with Gasteiger partial charge in [0.1, 0.15) is 5.82 Å². The van der Waals surface area contributed by atoms with E-state index >= 15 is 0 Å². The fraction of sp³-hybridized carbons (Fsp3) is 0.143. The molecule has 0 aliphatic rings. The van der Waals surface area contributed by atoms with Gasteiger partial charge in [0, 0.05) is 11.9 Å². The van der Waals surface area contributed by atoms with E-state index in [-0.39, 0.29) is 5.91 Å². The molecule has 2 rings (SSSR count). The van der Waals surface area contributed by atoms with E-state index in [1.165, 1.54) is 11.8 Å². The van der Waals surface area contributed by atoms with Crippen molar-refractivity contribution in [2.75, 3.05) is 10.7 Å². The van der Waals surface area contributed by atoms with Gasteiger partial charge in [-0.3, -0.25) is 4.79 Å². The molecule has 0 unspecified atom stereocenters. The summed E-state index contributed by atoms with van der Waals surface area (Å²) in [5.74, 6) is 5.55. The second kappa shape index (κ2) is 5.97. The van der Waals surface area contributed by atoms with Gasteiger partial charge in [-0.05, 0) is 36.2 Å². The Morgan fingerprint density at radius 3 is 2.79 bits per heavy atom. The number of hydrazine groups is 1. The largest absolute Gasteiger partial charge is 0.322 e. The molecule has 0 fully saturated rings. The average molecular weight is 256 g/mol. The Kier molecular flexibility index (Phi) is 4.10. The van der Waals surface area contributed by atoms with E-state index < -0.39 is 0 Å². The Bertz CT molecular complexity index is 566. The first-order valence-electron chi connectivity index (χ1n) is 6.06. The second-order valence-corrected chi connectivity index (χ2v) is 4.08. The van der Waals surface area contributed by atoms with E-state index in [4.69, 9.17) is 5.84 Å². The first-order chi connectivity index (χ1) is 9.22. The lowest BCUT2D eigenvalue weighted by Gasteiger charge is -2.07. The van der Waals surface area contributed by atoms with Crippen LogP contribution < -0.4 is 16.6 Å². The normalized spacial score (nSPS) is 10.0. The third-order valence-electron chi connectivity index (χ3n) is 2.77. The van der Waals surface area contributed by atoms with Crippen molar-refractivity contribution in [2.24, 2.45) is 5.84 Å². The number of hydrogen-bond donors (Lipinski definition) is 3. The van der Waals surface area contributed by atoms with Crippen LogP contribution in [0.2, 0.25) is 0 Å². The third-order valence-corrected chi connectivity index (χ3v) is 2.77. The highest BCUT2D eigenvalue weighted by Crippen LogP contribution is 2.13. The van der Waals surface area contributed by atoms with Crippen LogP contribution >= 0.6 is 0 Å². The summed E-state index contributed by atoms with van der Waals surface area (Å²) in [6.07, 6.45) is 2.41. The Morgan fingerprint density at radius 2 is 2.16 bits per heavy atom. The maximum Gasteiger partial charge on any atom is 0.257 e. The lowest BCUT2D eigenvalue weighted by molar-refractivity contribution is 0.102. The Hall–Kier alpha value is -2.40. The molecular weight excluding hydrogens is 240 g/mol. The molecule has 98 valence electrons. The molecule has 2 aromatic rings. The molecule has 19 heavy (non-hydrogen) atoms. The molecule has 1 heterocycles. The van der Waals surface area contributed by atoms with Crippen molar-refractivity contribution in [3.05, 3.63) is 53.7 Å². The monoisotopic (exact) mass is 256 g/mol. The Balaban J connectivity index is 2.11. The number of nitrogens with zero attached hydrogens (tertiary/aromatic N) is 1. The summed E-state index contributed by atoms with van der Waals surface area (Å²) in [5.41, 5.74) is 4.86. The van der Waals surface area contributed by atoms with E-state index in [2.05, 4.69) is 22.7 Å². The van der Waals surface area contributed by atoms with Crippen molar-refractivity contribution >= 4 is 17.4 Å². The van der Waals surface area contributed by atoms with E-state index in [1.807, 2.05) is 24.3 Å². The topological polar surface area (TPSA) is 80.0 Å². The van der Waals surface area contributed by atoms with E-state index in [0.717, 1.165) is 12.1 Å². The fourth-order valence-corrected chi connectivity index (χ4v) is 1.69. The minimum absolute atomic E-state index is 0.190. The van der Waals surface area contributed by atoms with Crippen LogP contribution in [0.1, 0.15) is 22.8 Å². The number of hydrogen-bond acceptors (Lipinski definition) is 4. The zero-order chi connectivity index (χ0) is 13.7. The van der Waals surface area contributed by atoms with Gasteiger partial charge in [-0.25, -0.2) is 10.8 Å². The third kappa shape index (κ3) is 3.29. The molecule has 0 saturated heterocycles. The number of nitrogen functional groups attached to an aromatic ring is 1. The van der Waals surface area contributed by atoms with Gasteiger partial charge in [0.05, 0.1) is 5.56 Å². The number of nitrogens with two attached hydrogens (primary N) is 1. The highest BCUT2D eigenvalue weighted by atomic mass is 16.1. The standard InChI is InChI=1S/C14H16N4O/c1-2-10-4-3-5-12(8-10)17-14(19)11-6-7-13(18-15)16-9-11/h3-9H,2,15H2,1H3,(H,16,18)(H,17,19). The van der Waals surface area contributed by atoms with Crippen LogP contribution in [0.4, 0.5) is 11.5 Å². The first-order valence-corrected chi connectivity index (χ1v) is 6.06. The molecule has 0 aliphatic heterocycles. The maximum atomic E-state index is 12.0. The number of aryl methyl sites for hydroxylation is 1. The smallest absolute Gasteiger partial charge is 0.257 e. The van der Waals surface area contributed by atoms with Gasteiger partial charge in [-0.15, -0.1) is 0 Å². The van der Waals surface area contributed by atoms with Gasteiger partial charge in [-0.2, -0.15) is 0 Å². The zero-order valence-corrected chi connectivity index (χ0v) is 10.7. The predicted molar refractivity (Wildman–Crippen MR) is 75.8 cm³/mol. The van der Waals surface area contributed by atoms with E-state index in [1.54, 1.807) is 12.1 Å². The SMILES string of the molecule is CCc1cccc(NC(=O)c2ccc(NN)nc2)c1. The van der Waals surface area contributed by atoms with Crippen molar-refractivity contribution < 1.29 is 4.79 Å². The van der Waals surface area contributed by atoms with Crippen LogP contribution in [0.3, 0.4) is 0 Å². The Labute approximate surface area is 111 Å². The molecule has 5 nitrogen and oxygen atoms in total. The number of pyridine rings is 1. The molecule has 1 aromatic carbocycles. The molecule has 0 saturated carbocycles. The van der Waals surface area contributed by atoms with Gasteiger partial charge in [0.25, 0.3) is 5.91 Å². The number of aromatic nitrogens is 1. The van der Waals surface area contributed by atoms with Crippen LogP contribution in [-0.2, 0) is 6.42 Å². The van der Waals surface area contributed by atoms with Crippen LogP contribution in [0.15, 0.2) is 42.6 Å². The quantitative estimate of drug-likeness (QED) is 0.578. The van der Waals surface area contributed by atoms with Gasteiger partial charge in [-0.1, -0.05) is 19.1 Å². The van der Waals surface area contributed by atoms with Crippen molar-refractivity contribution in [1.82, 2.24) is 4.98 Å². The molecule has 0 aliphatic carbocycles. The highest BCUT2D eigenvalue weighted by molar-refractivity contribution is 6.04. The number of rotatable bonds is 4. The minimum atomic E-state index is -0.190. The second-order valence-electron chi connectivity index (χ2n) is 4.08. The van der Waals surface area contributed by atoms with Crippen LogP contribution in [-0.4, -0.2) is 10.9 Å². The number of amides is 1. The summed E-state index contributed by atoms with van der Waals surface area (Å²) in [6.45, 7) is 2.07. The van der Waals surface area contributed by atoms with Gasteiger partial charge >= 0.3 is 0 Å².